The molecule has 13 heavy (non-hydrogen) atoms. The largest absolute Gasteiger partial charge is 0.309 e. The predicted octanol–water partition coefficient (Wildman–Crippen LogP) is 1.87. The van der Waals surface area contributed by atoms with E-state index >= 15 is 0 Å². The van der Waals surface area contributed by atoms with Gasteiger partial charge in [-0.3, -0.25) is 9.78 Å². The maximum atomic E-state index is 11.1. The van der Waals surface area contributed by atoms with E-state index in [0.29, 0.717) is 12.2 Å². The molecule has 1 amide bonds. The van der Waals surface area contributed by atoms with Gasteiger partial charge < -0.3 is 5.32 Å². The van der Waals surface area contributed by atoms with E-state index in [-0.39, 0.29) is 11.1 Å². The summed E-state index contributed by atoms with van der Waals surface area (Å²) in [7, 11) is 0. The quantitative estimate of drug-likeness (QED) is 0.809. The number of hydrogen-bond donors (Lipinski definition) is 1. The van der Waals surface area contributed by atoms with Crippen molar-refractivity contribution in [1.29, 1.82) is 0 Å². The lowest BCUT2D eigenvalue weighted by Gasteiger charge is -2.01. The number of nitrogens with zero attached hydrogens (tertiary/aromatic N) is 2. The minimum absolute atomic E-state index is 0.0703. The van der Waals surface area contributed by atoms with Crippen molar-refractivity contribution in [2.75, 3.05) is 5.32 Å². The molecule has 0 radical (unpaired) electrons. The van der Waals surface area contributed by atoms with Gasteiger partial charge in [0.05, 0.1) is 12.4 Å². The molecule has 1 aromatic heterocycles. The monoisotopic (exact) mass is 199 g/mol. The molecule has 0 aromatic carbocycles. The Labute approximate surface area is 81.3 Å². The number of carbonyl (C=O) groups excluding carboxylic acids is 1. The van der Waals surface area contributed by atoms with E-state index in [4.69, 9.17) is 11.6 Å². The van der Waals surface area contributed by atoms with Crippen molar-refractivity contribution in [2.45, 2.75) is 19.8 Å². The molecule has 0 saturated heterocycles. The smallest absolute Gasteiger partial charge is 0.225 e. The highest BCUT2D eigenvalue weighted by atomic mass is 35.5. The van der Waals surface area contributed by atoms with Crippen LogP contribution in [0.3, 0.4) is 0 Å². The average molecular weight is 200 g/mol. The van der Waals surface area contributed by atoms with Gasteiger partial charge in [0.2, 0.25) is 5.91 Å². The number of amides is 1. The molecule has 0 bridgehead atoms. The lowest BCUT2D eigenvalue weighted by Crippen LogP contribution is -2.11. The summed E-state index contributed by atoms with van der Waals surface area (Å²) in [5, 5.41) is 2.86. The third-order valence-corrected chi connectivity index (χ3v) is 1.53. The molecule has 70 valence electrons. The first-order valence-corrected chi connectivity index (χ1v) is 4.37. The highest BCUT2D eigenvalue weighted by Gasteiger charge is 2.01. The van der Waals surface area contributed by atoms with E-state index in [2.05, 4.69) is 15.3 Å². The molecule has 5 heteroatoms. The fraction of sp³-hybridized carbons (Fsp3) is 0.375. The topological polar surface area (TPSA) is 54.9 Å². The number of hydrogen-bond acceptors (Lipinski definition) is 3. The molecular weight excluding hydrogens is 190 g/mol. The fourth-order valence-electron chi connectivity index (χ4n) is 0.835. The molecule has 0 aliphatic heterocycles. The van der Waals surface area contributed by atoms with Crippen LogP contribution in [0.4, 0.5) is 5.82 Å². The zero-order valence-corrected chi connectivity index (χ0v) is 8.01. The minimum Gasteiger partial charge on any atom is -0.309 e. The maximum absolute atomic E-state index is 11.1. The number of aromatic nitrogens is 2. The Hall–Kier alpha value is -1.16. The standard InChI is InChI=1S/C8H10ClN3O/c1-2-3-8(13)12-7-5-10-4-6(9)11-7/h4-5H,2-3H2,1H3,(H,11,12,13). The van der Waals surface area contributed by atoms with Crippen LogP contribution < -0.4 is 5.32 Å². The van der Waals surface area contributed by atoms with Gasteiger partial charge in [0.25, 0.3) is 0 Å². The predicted molar refractivity (Wildman–Crippen MR) is 50.6 cm³/mol. The number of nitrogens with one attached hydrogen (secondary N) is 1. The number of anilines is 1. The summed E-state index contributed by atoms with van der Waals surface area (Å²) in [6, 6.07) is 0. The highest BCUT2D eigenvalue weighted by molar-refractivity contribution is 6.29. The van der Waals surface area contributed by atoms with Crippen LogP contribution in [-0.4, -0.2) is 15.9 Å². The van der Waals surface area contributed by atoms with Gasteiger partial charge in [0.15, 0.2) is 5.82 Å². The summed E-state index contributed by atoms with van der Waals surface area (Å²) >= 11 is 5.58. The summed E-state index contributed by atoms with van der Waals surface area (Å²) in [4.78, 5) is 18.8. The zero-order chi connectivity index (χ0) is 9.68. The first-order chi connectivity index (χ1) is 6.22. The molecule has 0 saturated carbocycles. The zero-order valence-electron chi connectivity index (χ0n) is 7.25. The lowest BCUT2D eigenvalue weighted by atomic mass is 10.3. The van der Waals surface area contributed by atoms with E-state index < -0.39 is 0 Å². The number of halogens is 1. The van der Waals surface area contributed by atoms with Crippen LogP contribution in [0.1, 0.15) is 19.8 Å². The molecule has 1 heterocycles. The first-order valence-electron chi connectivity index (χ1n) is 3.99. The first kappa shape index (κ1) is 9.92. The van der Waals surface area contributed by atoms with E-state index in [1.54, 1.807) is 0 Å². The van der Waals surface area contributed by atoms with Gasteiger partial charge in [-0.25, -0.2) is 4.98 Å². The van der Waals surface area contributed by atoms with Gasteiger partial charge >= 0.3 is 0 Å². The lowest BCUT2D eigenvalue weighted by molar-refractivity contribution is -0.116. The third-order valence-electron chi connectivity index (χ3n) is 1.35. The number of rotatable bonds is 3. The number of carbonyl (C=O) groups is 1. The second kappa shape index (κ2) is 4.77. The summed E-state index contributed by atoms with van der Waals surface area (Å²) in [6.45, 7) is 1.93. The Morgan fingerprint density at radius 3 is 3.00 bits per heavy atom. The van der Waals surface area contributed by atoms with Crippen molar-refractivity contribution >= 4 is 23.3 Å². The second-order valence-electron chi connectivity index (χ2n) is 2.53. The Balaban J connectivity index is 2.58. The van der Waals surface area contributed by atoms with Crippen molar-refractivity contribution < 1.29 is 4.79 Å². The summed E-state index contributed by atoms with van der Waals surface area (Å²) in [6.07, 6.45) is 4.16. The summed E-state index contributed by atoms with van der Waals surface area (Å²) < 4.78 is 0. The molecule has 1 rings (SSSR count). The molecule has 1 N–H and O–H groups in total. The minimum atomic E-state index is -0.0703. The van der Waals surface area contributed by atoms with Gasteiger partial charge in [-0.2, -0.15) is 0 Å². The second-order valence-corrected chi connectivity index (χ2v) is 2.91. The molecule has 0 aliphatic rings. The van der Waals surface area contributed by atoms with Crippen LogP contribution in [0.25, 0.3) is 0 Å². The van der Waals surface area contributed by atoms with Gasteiger partial charge in [-0.1, -0.05) is 18.5 Å². The molecule has 0 spiro atoms. The molecule has 1 aromatic rings. The average Bonchev–Trinajstić information content (AvgIpc) is 2.04. The van der Waals surface area contributed by atoms with Crippen molar-refractivity contribution in [3.63, 3.8) is 0 Å². The Kier molecular flexibility index (Phi) is 3.64. The van der Waals surface area contributed by atoms with Gasteiger partial charge in [0.1, 0.15) is 5.15 Å². The maximum Gasteiger partial charge on any atom is 0.225 e. The van der Waals surface area contributed by atoms with Gasteiger partial charge in [-0.15, -0.1) is 0 Å². The molecular formula is C8H10ClN3O. The van der Waals surface area contributed by atoms with Crippen molar-refractivity contribution in [3.8, 4) is 0 Å². The van der Waals surface area contributed by atoms with E-state index in [1.165, 1.54) is 12.4 Å². The molecule has 0 aliphatic carbocycles. The van der Waals surface area contributed by atoms with Crippen LogP contribution in [0.2, 0.25) is 5.15 Å². The highest BCUT2D eigenvalue weighted by Crippen LogP contribution is 2.06. The van der Waals surface area contributed by atoms with Crippen LogP contribution in [0, 0.1) is 0 Å². The van der Waals surface area contributed by atoms with E-state index in [1.807, 2.05) is 6.92 Å². The van der Waals surface area contributed by atoms with Crippen LogP contribution >= 0.6 is 11.6 Å². The Morgan fingerprint density at radius 2 is 2.38 bits per heavy atom. The van der Waals surface area contributed by atoms with Gasteiger partial charge in [-0.05, 0) is 6.42 Å². The Bertz CT molecular complexity index is 303. The third kappa shape index (κ3) is 3.38. The molecule has 4 nitrogen and oxygen atoms in total. The van der Waals surface area contributed by atoms with Crippen molar-refractivity contribution in [3.05, 3.63) is 17.5 Å². The molecule has 0 atom stereocenters. The van der Waals surface area contributed by atoms with Gasteiger partial charge in [0, 0.05) is 6.42 Å². The SMILES string of the molecule is CCCC(=O)Nc1cncc(Cl)n1. The molecule has 0 unspecified atom stereocenters. The van der Waals surface area contributed by atoms with Crippen molar-refractivity contribution in [1.82, 2.24) is 9.97 Å². The Morgan fingerprint density at radius 1 is 1.62 bits per heavy atom. The normalized spacial score (nSPS) is 9.69. The summed E-state index contributed by atoms with van der Waals surface area (Å²) in [5.41, 5.74) is 0. The van der Waals surface area contributed by atoms with E-state index in [0.717, 1.165) is 6.42 Å². The van der Waals surface area contributed by atoms with Crippen LogP contribution in [0.15, 0.2) is 12.4 Å². The van der Waals surface area contributed by atoms with Crippen LogP contribution in [0.5, 0.6) is 0 Å². The fourth-order valence-corrected chi connectivity index (χ4v) is 0.982. The van der Waals surface area contributed by atoms with Crippen LogP contribution in [-0.2, 0) is 4.79 Å². The summed E-state index contributed by atoms with van der Waals surface area (Å²) in [5.74, 6) is 0.324. The molecule has 0 fully saturated rings. The van der Waals surface area contributed by atoms with Crippen molar-refractivity contribution in [2.24, 2.45) is 0 Å². The van der Waals surface area contributed by atoms with E-state index in [9.17, 15) is 4.79 Å².